The van der Waals surface area contributed by atoms with Crippen LogP contribution in [0.5, 0.6) is 0 Å². The summed E-state index contributed by atoms with van der Waals surface area (Å²) in [5.74, 6) is -0.389. The Morgan fingerprint density at radius 3 is 3.07 bits per heavy atom. The molecule has 3 heteroatoms. The summed E-state index contributed by atoms with van der Waals surface area (Å²) in [5, 5.41) is 0. The van der Waals surface area contributed by atoms with Crippen molar-refractivity contribution in [1.82, 2.24) is 4.98 Å². The molecule has 2 rings (SSSR count). The summed E-state index contributed by atoms with van der Waals surface area (Å²) >= 11 is 0. The predicted molar refractivity (Wildman–Crippen MR) is 54.9 cm³/mol. The average molecular weight is 194 g/mol. The summed E-state index contributed by atoms with van der Waals surface area (Å²) in [7, 11) is 0. The molecule has 0 bridgehead atoms. The number of hydrogen-bond donors (Lipinski definition) is 0. The first kappa shape index (κ1) is 9.44. The molecule has 1 aromatic rings. The largest absolute Gasteiger partial charge is 0.369 e. The second-order valence-corrected chi connectivity index (χ2v) is 3.87. The van der Waals surface area contributed by atoms with Crippen LogP contribution in [0.25, 0.3) is 0 Å². The molecule has 1 aromatic heterocycles. The lowest BCUT2D eigenvalue weighted by Crippen LogP contribution is -2.37. The highest BCUT2D eigenvalue weighted by atomic mass is 19.1. The third-order valence-corrected chi connectivity index (χ3v) is 2.84. The Balaban J connectivity index is 2.20. The first-order chi connectivity index (χ1) is 6.77. The fraction of sp³-hybridized carbons (Fsp3) is 0.545. The zero-order valence-corrected chi connectivity index (χ0v) is 8.41. The van der Waals surface area contributed by atoms with E-state index < -0.39 is 0 Å². The minimum Gasteiger partial charge on any atom is -0.369 e. The lowest BCUT2D eigenvalue weighted by atomic mass is 10.0. The van der Waals surface area contributed by atoms with Crippen LogP contribution in [0.1, 0.15) is 26.2 Å². The van der Waals surface area contributed by atoms with Crippen molar-refractivity contribution >= 4 is 5.69 Å². The average Bonchev–Trinajstić information content (AvgIpc) is 2.18. The zero-order chi connectivity index (χ0) is 9.97. The van der Waals surface area contributed by atoms with Gasteiger partial charge in [-0.2, -0.15) is 4.39 Å². The van der Waals surface area contributed by atoms with E-state index in [1.807, 2.05) is 6.07 Å². The van der Waals surface area contributed by atoms with E-state index in [4.69, 9.17) is 0 Å². The molecule has 0 radical (unpaired) electrons. The molecule has 2 heterocycles. The van der Waals surface area contributed by atoms with Crippen LogP contribution >= 0.6 is 0 Å². The molecule has 1 aliphatic rings. The van der Waals surface area contributed by atoms with Crippen molar-refractivity contribution in [2.75, 3.05) is 11.4 Å². The van der Waals surface area contributed by atoms with Gasteiger partial charge in [-0.05, 0) is 32.3 Å². The van der Waals surface area contributed by atoms with Gasteiger partial charge in [0.1, 0.15) is 0 Å². The van der Waals surface area contributed by atoms with Gasteiger partial charge in [-0.3, -0.25) is 0 Å². The maximum absolute atomic E-state index is 12.9. The molecule has 1 saturated heterocycles. The molecule has 1 fully saturated rings. The molecule has 0 amide bonds. The van der Waals surface area contributed by atoms with E-state index in [1.165, 1.54) is 31.5 Å². The third kappa shape index (κ3) is 1.86. The molecule has 1 atom stereocenters. The maximum Gasteiger partial charge on any atom is 0.214 e. The van der Waals surface area contributed by atoms with E-state index in [-0.39, 0.29) is 5.95 Å². The second kappa shape index (κ2) is 3.95. The third-order valence-electron chi connectivity index (χ3n) is 2.84. The first-order valence-electron chi connectivity index (χ1n) is 5.15. The van der Waals surface area contributed by atoms with E-state index in [0.717, 1.165) is 12.2 Å². The summed E-state index contributed by atoms with van der Waals surface area (Å²) in [6.07, 6.45) is 5.22. The van der Waals surface area contributed by atoms with Crippen LogP contribution in [0.4, 0.5) is 10.1 Å². The van der Waals surface area contributed by atoms with Crippen LogP contribution in [0.15, 0.2) is 18.3 Å². The summed E-state index contributed by atoms with van der Waals surface area (Å²) in [6, 6.07) is 3.91. The van der Waals surface area contributed by atoms with E-state index in [2.05, 4.69) is 16.8 Å². The maximum atomic E-state index is 12.9. The Labute approximate surface area is 83.8 Å². The monoisotopic (exact) mass is 194 g/mol. The Morgan fingerprint density at radius 2 is 2.36 bits per heavy atom. The Morgan fingerprint density at radius 1 is 1.50 bits per heavy atom. The topological polar surface area (TPSA) is 16.1 Å². The van der Waals surface area contributed by atoms with Crippen LogP contribution in [-0.4, -0.2) is 17.6 Å². The van der Waals surface area contributed by atoms with E-state index in [0.29, 0.717) is 6.04 Å². The smallest absolute Gasteiger partial charge is 0.214 e. The van der Waals surface area contributed by atoms with Gasteiger partial charge in [-0.15, -0.1) is 0 Å². The number of pyridine rings is 1. The molecule has 0 aromatic carbocycles. The molecule has 76 valence electrons. The summed E-state index contributed by atoms with van der Waals surface area (Å²) in [4.78, 5) is 5.82. The van der Waals surface area contributed by atoms with Crippen molar-refractivity contribution in [3.63, 3.8) is 0 Å². The molecular weight excluding hydrogens is 179 g/mol. The van der Waals surface area contributed by atoms with Gasteiger partial charge in [0.2, 0.25) is 5.95 Å². The van der Waals surface area contributed by atoms with Gasteiger partial charge in [0.05, 0.1) is 0 Å². The number of piperidine rings is 1. The fourth-order valence-corrected chi connectivity index (χ4v) is 2.05. The van der Waals surface area contributed by atoms with Crippen molar-refractivity contribution in [2.24, 2.45) is 0 Å². The summed E-state index contributed by atoms with van der Waals surface area (Å²) < 4.78 is 12.9. The van der Waals surface area contributed by atoms with Crippen LogP contribution in [0.2, 0.25) is 0 Å². The van der Waals surface area contributed by atoms with Crippen LogP contribution in [-0.2, 0) is 0 Å². The van der Waals surface area contributed by atoms with Crippen molar-refractivity contribution < 1.29 is 4.39 Å². The lowest BCUT2D eigenvalue weighted by molar-refractivity contribution is 0.483. The van der Waals surface area contributed by atoms with Gasteiger partial charge in [-0.25, -0.2) is 4.98 Å². The molecule has 14 heavy (non-hydrogen) atoms. The molecule has 1 aliphatic heterocycles. The van der Waals surface area contributed by atoms with E-state index >= 15 is 0 Å². The Bertz CT molecular complexity index is 314. The van der Waals surface area contributed by atoms with Crippen LogP contribution < -0.4 is 4.90 Å². The Hall–Kier alpha value is -1.12. The fourth-order valence-electron chi connectivity index (χ4n) is 2.05. The van der Waals surface area contributed by atoms with Gasteiger partial charge in [0, 0.05) is 30.5 Å². The normalized spacial score (nSPS) is 22.4. The highest BCUT2D eigenvalue weighted by molar-refractivity contribution is 5.46. The quantitative estimate of drug-likeness (QED) is 0.639. The molecule has 0 aliphatic carbocycles. The van der Waals surface area contributed by atoms with Crippen LogP contribution in [0.3, 0.4) is 0 Å². The van der Waals surface area contributed by atoms with Crippen molar-refractivity contribution in [2.45, 2.75) is 32.2 Å². The first-order valence-corrected chi connectivity index (χ1v) is 5.15. The molecule has 0 unspecified atom stereocenters. The number of aromatic nitrogens is 1. The Kier molecular flexibility index (Phi) is 2.66. The second-order valence-electron chi connectivity index (χ2n) is 3.87. The van der Waals surface area contributed by atoms with E-state index in [1.54, 1.807) is 0 Å². The van der Waals surface area contributed by atoms with Gasteiger partial charge in [0.15, 0.2) is 0 Å². The minimum atomic E-state index is -0.389. The predicted octanol–water partition coefficient (Wildman–Crippen LogP) is 2.60. The highest BCUT2D eigenvalue weighted by Gasteiger charge is 2.18. The summed E-state index contributed by atoms with van der Waals surface area (Å²) in [5.41, 5.74) is 0.963. The number of rotatable bonds is 1. The molecular formula is C11H15FN2. The minimum absolute atomic E-state index is 0.389. The number of hydrogen-bond acceptors (Lipinski definition) is 2. The van der Waals surface area contributed by atoms with Gasteiger partial charge < -0.3 is 4.90 Å². The molecule has 0 saturated carbocycles. The standard InChI is InChI=1S/C11H15FN2/c1-9-4-2-3-7-14(9)10-5-6-13-11(12)8-10/h5-6,8-9H,2-4,7H2,1H3/t9-/m1/s1. The molecule has 2 nitrogen and oxygen atoms in total. The van der Waals surface area contributed by atoms with Crippen molar-refractivity contribution in [3.8, 4) is 0 Å². The van der Waals surface area contributed by atoms with Crippen LogP contribution in [0, 0.1) is 5.95 Å². The highest BCUT2D eigenvalue weighted by Crippen LogP contribution is 2.24. The number of anilines is 1. The van der Waals surface area contributed by atoms with Gasteiger partial charge in [0.25, 0.3) is 0 Å². The lowest BCUT2D eigenvalue weighted by Gasteiger charge is -2.35. The number of halogens is 1. The molecule has 0 N–H and O–H groups in total. The van der Waals surface area contributed by atoms with Gasteiger partial charge in [-0.1, -0.05) is 0 Å². The molecule has 0 spiro atoms. The van der Waals surface area contributed by atoms with Crippen molar-refractivity contribution in [1.29, 1.82) is 0 Å². The zero-order valence-electron chi connectivity index (χ0n) is 8.41. The SMILES string of the molecule is C[C@@H]1CCCCN1c1ccnc(F)c1. The van der Waals surface area contributed by atoms with Crippen molar-refractivity contribution in [3.05, 3.63) is 24.3 Å². The summed E-state index contributed by atoms with van der Waals surface area (Å²) in [6.45, 7) is 3.22. The van der Waals surface area contributed by atoms with E-state index in [9.17, 15) is 4.39 Å². The number of nitrogens with zero attached hydrogens (tertiary/aromatic N) is 2. The van der Waals surface area contributed by atoms with Gasteiger partial charge >= 0.3 is 0 Å².